The van der Waals surface area contributed by atoms with Gasteiger partial charge in [0, 0.05) is 24.7 Å². The number of carbonyl (C=O) groups is 3. The zero-order valence-electron chi connectivity index (χ0n) is 18.2. The lowest BCUT2D eigenvalue weighted by molar-refractivity contribution is -0.125. The van der Waals surface area contributed by atoms with E-state index < -0.39 is 6.10 Å². The minimum atomic E-state index is -1.18. The predicted octanol–water partition coefficient (Wildman–Crippen LogP) is 1.47. The molecule has 0 aromatic heterocycles. The number of aliphatic hydroxyl groups excluding tert-OH is 1. The molecule has 2 aliphatic rings. The molecular formula is C23H35N3O4. The lowest BCUT2D eigenvalue weighted by atomic mass is 10.1. The average molecular weight is 418 g/mol. The predicted molar refractivity (Wildman–Crippen MR) is 119 cm³/mol. The van der Waals surface area contributed by atoms with E-state index in [0.717, 1.165) is 6.04 Å². The van der Waals surface area contributed by atoms with Crippen LogP contribution in [-0.4, -0.2) is 66.9 Å². The summed E-state index contributed by atoms with van der Waals surface area (Å²) >= 11 is 0. The Morgan fingerprint density at radius 2 is 1.80 bits per heavy atom. The zero-order chi connectivity index (χ0) is 22.9. The molecule has 1 heterocycles. The third-order valence-corrected chi connectivity index (χ3v) is 4.50. The van der Waals surface area contributed by atoms with Gasteiger partial charge in [-0.05, 0) is 38.4 Å². The van der Waals surface area contributed by atoms with Crippen LogP contribution in [0.3, 0.4) is 0 Å². The molecule has 7 heteroatoms. The van der Waals surface area contributed by atoms with E-state index in [0.29, 0.717) is 31.4 Å². The first-order valence-electron chi connectivity index (χ1n) is 10.3. The summed E-state index contributed by atoms with van der Waals surface area (Å²) in [5.74, 6) is -0.616. The van der Waals surface area contributed by atoms with Gasteiger partial charge in [0.1, 0.15) is 12.4 Å². The fraction of sp³-hybridized carbons (Fsp3) is 0.522. The molecule has 1 saturated carbocycles. The number of carbonyl (C=O) groups excluding carboxylic acids is 3. The molecule has 0 bridgehead atoms. The second kappa shape index (κ2) is 16.1. The van der Waals surface area contributed by atoms with E-state index in [2.05, 4.69) is 23.5 Å². The number of terminal acetylenes is 1. The van der Waals surface area contributed by atoms with Gasteiger partial charge in [-0.3, -0.25) is 9.59 Å². The van der Waals surface area contributed by atoms with Gasteiger partial charge in [0.05, 0.1) is 12.5 Å². The fourth-order valence-corrected chi connectivity index (χ4v) is 2.69. The van der Waals surface area contributed by atoms with E-state index in [1.54, 1.807) is 29.2 Å². The van der Waals surface area contributed by atoms with Crippen molar-refractivity contribution in [1.29, 1.82) is 0 Å². The van der Waals surface area contributed by atoms with Crippen LogP contribution in [0.5, 0.6) is 0 Å². The summed E-state index contributed by atoms with van der Waals surface area (Å²) in [5.41, 5.74) is 0.606. The highest BCUT2D eigenvalue weighted by Gasteiger charge is 2.31. The number of amides is 2. The Hall–Kier alpha value is -2.69. The van der Waals surface area contributed by atoms with Crippen LogP contribution in [0, 0.1) is 18.8 Å². The van der Waals surface area contributed by atoms with Crippen molar-refractivity contribution in [2.45, 2.75) is 45.3 Å². The van der Waals surface area contributed by atoms with E-state index in [4.69, 9.17) is 5.11 Å². The Balaban J connectivity index is 0.000000788. The highest BCUT2D eigenvalue weighted by molar-refractivity contribution is 5.95. The van der Waals surface area contributed by atoms with Crippen molar-refractivity contribution >= 4 is 18.1 Å². The minimum absolute atomic E-state index is 0.0844. The summed E-state index contributed by atoms with van der Waals surface area (Å²) in [6.07, 6.45) is 10.6. The van der Waals surface area contributed by atoms with Gasteiger partial charge in [-0.15, -0.1) is 12.8 Å². The number of hydrogen-bond acceptors (Lipinski definition) is 5. The molecular weight excluding hydrogens is 382 g/mol. The van der Waals surface area contributed by atoms with Crippen molar-refractivity contribution in [2.24, 2.45) is 5.92 Å². The molecule has 2 amide bonds. The normalized spacial score (nSPS) is 17.5. The number of aldehydes is 1. The molecule has 2 fully saturated rings. The first kappa shape index (κ1) is 27.3. The van der Waals surface area contributed by atoms with Crippen LogP contribution >= 0.6 is 0 Å². The molecule has 1 saturated heterocycles. The quantitative estimate of drug-likeness (QED) is 0.481. The van der Waals surface area contributed by atoms with Crippen LogP contribution < -0.4 is 10.6 Å². The topological polar surface area (TPSA) is 98.7 Å². The SMILES string of the molecule is C#C.CC.CNC1CC1.O=CC(O)CNC(=O)[C@H]1CCN(C(=O)c2ccccc2)C1. The number of rotatable bonds is 6. The Kier molecular flexibility index (Phi) is 14.7. The number of nitrogens with one attached hydrogen (secondary N) is 2. The zero-order valence-corrected chi connectivity index (χ0v) is 18.2. The van der Waals surface area contributed by atoms with Gasteiger partial charge in [0.25, 0.3) is 5.91 Å². The molecule has 1 aliphatic carbocycles. The van der Waals surface area contributed by atoms with Crippen molar-refractivity contribution in [3.8, 4) is 12.8 Å². The van der Waals surface area contributed by atoms with Crippen molar-refractivity contribution in [1.82, 2.24) is 15.5 Å². The lowest BCUT2D eigenvalue weighted by Crippen LogP contribution is -2.38. The molecule has 1 aromatic rings. The van der Waals surface area contributed by atoms with Crippen molar-refractivity contribution in [3.05, 3.63) is 35.9 Å². The van der Waals surface area contributed by atoms with Gasteiger partial charge in [-0.2, -0.15) is 0 Å². The van der Waals surface area contributed by atoms with Gasteiger partial charge < -0.3 is 25.4 Å². The molecule has 0 radical (unpaired) electrons. The van der Waals surface area contributed by atoms with E-state index in [9.17, 15) is 14.4 Å². The maximum absolute atomic E-state index is 12.2. The van der Waals surface area contributed by atoms with Gasteiger partial charge >= 0.3 is 0 Å². The van der Waals surface area contributed by atoms with Crippen LogP contribution in [-0.2, 0) is 9.59 Å². The molecule has 1 aromatic carbocycles. The Bertz CT molecular complexity index is 644. The summed E-state index contributed by atoms with van der Waals surface area (Å²) < 4.78 is 0. The molecule has 30 heavy (non-hydrogen) atoms. The van der Waals surface area contributed by atoms with Crippen LogP contribution in [0.1, 0.15) is 43.5 Å². The molecule has 1 unspecified atom stereocenters. The van der Waals surface area contributed by atoms with Crippen LogP contribution in [0.25, 0.3) is 0 Å². The number of nitrogens with zero attached hydrogens (tertiary/aromatic N) is 1. The van der Waals surface area contributed by atoms with E-state index >= 15 is 0 Å². The van der Waals surface area contributed by atoms with Crippen LogP contribution in [0.2, 0.25) is 0 Å². The molecule has 0 spiro atoms. The average Bonchev–Trinajstić information content (AvgIpc) is 3.55. The van der Waals surface area contributed by atoms with Gasteiger partial charge in [0.15, 0.2) is 0 Å². The molecule has 3 rings (SSSR count). The Morgan fingerprint density at radius 1 is 1.20 bits per heavy atom. The number of hydrogen-bond donors (Lipinski definition) is 3. The molecule has 2 atom stereocenters. The standard InChI is InChI=1S/C15H18N2O4.C4H9N.C2H6.C2H2/c18-10-13(19)8-16-14(20)12-6-7-17(9-12)15(21)11-4-2-1-3-5-11;1-5-4-2-3-4;2*1-2/h1-5,10,12-13,19H,6-9H2,(H,16,20);4-5H,2-3H2,1H3;1-2H3;1-2H/t12-,13?;;;/m0.../s1. The summed E-state index contributed by atoms with van der Waals surface area (Å²) in [6.45, 7) is 4.80. The van der Waals surface area contributed by atoms with E-state index in [-0.39, 0.29) is 24.3 Å². The molecule has 7 nitrogen and oxygen atoms in total. The van der Waals surface area contributed by atoms with Gasteiger partial charge in [-0.1, -0.05) is 32.0 Å². The Labute approximate surface area is 180 Å². The summed E-state index contributed by atoms with van der Waals surface area (Å²) in [5, 5.41) is 14.7. The fourth-order valence-electron chi connectivity index (χ4n) is 2.69. The third kappa shape index (κ3) is 10.2. The molecule has 3 N–H and O–H groups in total. The van der Waals surface area contributed by atoms with Gasteiger partial charge in [0.2, 0.25) is 5.91 Å². The third-order valence-electron chi connectivity index (χ3n) is 4.50. The number of benzene rings is 1. The first-order chi connectivity index (χ1) is 14.5. The highest BCUT2D eigenvalue weighted by atomic mass is 16.3. The summed E-state index contributed by atoms with van der Waals surface area (Å²) in [4.78, 5) is 36.1. The van der Waals surface area contributed by atoms with Gasteiger partial charge in [-0.25, -0.2) is 0 Å². The maximum Gasteiger partial charge on any atom is 0.253 e. The highest BCUT2D eigenvalue weighted by Crippen LogP contribution is 2.19. The monoisotopic (exact) mass is 417 g/mol. The van der Waals surface area contributed by atoms with E-state index in [1.165, 1.54) is 12.8 Å². The van der Waals surface area contributed by atoms with Crippen molar-refractivity contribution < 1.29 is 19.5 Å². The second-order valence-corrected chi connectivity index (χ2v) is 6.61. The first-order valence-corrected chi connectivity index (χ1v) is 10.3. The van der Waals surface area contributed by atoms with Crippen molar-refractivity contribution in [2.75, 3.05) is 26.7 Å². The smallest absolute Gasteiger partial charge is 0.253 e. The maximum atomic E-state index is 12.2. The molecule has 1 aliphatic heterocycles. The van der Waals surface area contributed by atoms with E-state index in [1.807, 2.05) is 27.0 Å². The van der Waals surface area contributed by atoms with Crippen molar-refractivity contribution in [3.63, 3.8) is 0 Å². The Morgan fingerprint density at radius 3 is 2.27 bits per heavy atom. The lowest BCUT2D eigenvalue weighted by Gasteiger charge is -2.16. The summed E-state index contributed by atoms with van der Waals surface area (Å²) in [7, 11) is 2.01. The minimum Gasteiger partial charge on any atom is -0.384 e. The molecule has 166 valence electrons. The number of aliphatic hydroxyl groups is 1. The second-order valence-electron chi connectivity index (χ2n) is 6.61. The number of likely N-dealkylation sites (tertiary alicyclic amines) is 1. The van der Waals surface area contributed by atoms with Crippen LogP contribution in [0.15, 0.2) is 30.3 Å². The summed E-state index contributed by atoms with van der Waals surface area (Å²) in [6, 6.07) is 9.82. The van der Waals surface area contributed by atoms with Crippen LogP contribution in [0.4, 0.5) is 0 Å². The largest absolute Gasteiger partial charge is 0.384 e.